The van der Waals surface area contributed by atoms with Crippen molar-refractivity contribution >= 4 is 34.8 Å². The van der Waals surface area contributed by atoms with Crippen LogP contribution in [0.5, 0.6) is 11.5 Å². The SMILES string of the molecule is CCOC(=O)C1=C(O)/C(=C/c2ccc(OCc3ccccc3)c(OCC)c2)SC1=NC(=O)c1ccccc1C. The van der Waals surface area contributed by atoms with Crippen LogP contribution in [0, 0.1) is 6.92 Å². The number of aliphatic imine (C=N–C) groups is 1. The molecule has 0 fully saturated rings. The molecule has 39 heavy (non-hydrogen) atoms. The Balaban J connectivity index is 1.65. The van der Waals surface area contributed by atoms with Crippen LogP contribution in [0.15, 0.2) is 94.0 Å². The first kappa shape index (κ1) is 27.7. The molecule has 0 saturated carbocycles. The third-order valence-electron chi connectivity index (χ3n) is 5.75. The van der Waals surface area contributed by atoms with Gasteiger partial charge < -0.3 is 19.3 Å². The molecule has 0 unspecified atom stereocenters. The van der Waals surface area contributed by atoms with Gasteiger partial charge in [0.25, 0.3) is 5.91 Å². The number of nitrogens with zero attached hydrogens (tertiary/aromatic N) is 1. The topological polar surface area (TPSA) is 94.4 Å². The lowest BCUT2D eigenvalue weighted by Crippen LogP contribution is -2.14. The van der Waals surface area contributed by atoms with Crippen molar-refractivity contribution in [2.45, 2.75) is 27.4 Å². The van der Waals surface area contributed by atoms with Gasteiger partial charge in [-0.2, -0.15) is 0 Å². The second kappa shape index (κ2) is 13.0. The monoisotopic (exact) mass is 543 g/mol. The van der Waals surface area contributed by atoms with Crippen LogP contribution in [0.1, 0.15) is 40.9 Å². The molecule has 3 aromatic rings. The summed E-state index contributed by atoms with van der Waals surface area (Å²) in [7, 11) is 0. The summed E-state index contributed by atoms with van der Waals surface area (Å²) in [5.74, 6) is -0.424. The van der Waals surface area contributed by atoms with E-state index in [1.54, 1.807) is 37.3 Å². The Kier molecular flexibility index (Phi) is 9.22. The van der Waals surface area contributed by atoms with E-state index in [4.69, 9.17) is 14.2 Å². The smallest absolute Gasteiger partial charge is 0.344 e. The predicted molar refractivity (Wildman–Crippen MR) is 153 cm³/mol. The van der Waals surface area contributed by atoms with Gasteiger partial charge in [0.15, 0.2) is 11.5 Å². The average molecular weight is 544 g/mol. The highest BCUT2D eigenvalue weighted by Crippen LogP contribution is 2.40. The van der Waals surface area contributed by atoms with E-state index in [0.29, 0.717) is 40.7 Å². The number of aryl methyl sites for hydroxylation is 1. The number of aliphatic hydroxyl groups is 1. The molecule has 4 rings (SSSR count). The van der Waals surface area contributed by atoms with Gasteiger partial charge in [0, 0.05) is 5.56 Å². The van der Waals surface area contributed by atoms with Gasteiger partial charge >= 0.3 is 5.97 Å². The normalized spacial score (nSPS) is 15.1. The average Bonchev–Trinajstić information content (AvgIpc) is 3.23. The van der Waals surface area contributed by atoms with E-state index in [1.807, 2.05) is 62.4 Å². The van der Waals surface area contributed by atoms with E-state index in [0.717, 1.165) is 22.9 Å². The number of ether oxygens (including phenoxy) is 3. The lowest BCUT2D eigenvalue weighted by Gasteiger charge is -2.13. The molecule has 0 saturated heterocycles. The summed E-state index contributed by atoms with van der Waals surface area (Å²) in [4.78, 5) is 30.2. The van der Waals surface area contributed by atoms with Gasteiger partial charge in [-0.05, 0) is 61.7 Å². The summed E-state index contributed by atoms with van der Waals surface area (Å²) >= 11 is 1.03. The lowest BCUT2D eigenvalue weighted by molar-refractivity contribution is -0.138. The fourth-order valence-electron chi connectivity index (χ4n) is 3.85. The van der Waals surface area contributed by atoms with Crippen LogP contribution in [0.3, 0.4) is 0 Å². The van der Waals surface area contributed by atoms with Crippen molar-refractivity contribution < 1.29 is 28.9 Å². The zero-order valence-electron chi connectivity index (χ0n) is 22.0. The molecule has 7 nitrogen and oxygen atoms in total. The molecular formula is C31H29NO6S. The van der Waals surface area contributed by atoms with Crippen LogP contribution in [-0.4, -0.2) is 35.2 Å². The van der Waals surface area contributed by atoms with E-state index in [-0.39, 0.29) is 23.0 Å². The van der Waals surface area contributed by atoms with Gasteiger partial charge in [0.1, 0.15) is 23.0 Å². The van der Waals surface area contributed by atoms with Crippen LogP contribution in [0.2, 0.25) is 0 Å². The molecule has 0 aromatic heterocycles. The molecule has 3 aromatic carbocycles. The van der Waals surface area contributed by atoms with Gasteiger partial charge in [-0.15, -0.1) is 0 Å². The van der Waals surface area contributed by atoms with Gasteiger partial charge in [-0.3, -0.25) is 4.79 Å². The van der Waals surface area contributed by atoms with Crippen molar-refractivity contribution in [1.82, 2.24) is 0 Å². The molecule has 1 aliphatic rings. The Labute approximate surface area is 231 Å². The maximum absolute atomic E-state index is 12.9. The van der Waals surface area contributed by atoms with Crippen molar-refractivity contribution in [2.75, 3.05) is 13.2 Å². The maximum Gasteiger partial charge on any atom is 0.344 e. The number of aliphatic hydroxyl groups excluding tert-OH is 1. The highest BCUT2D eigenvalue weighted by atomic mass is 32.2. The molecule has 0 aliphatic carbocycles. The Morgan fingerprint density at radius 3 is 2.38 bits per heavy atom. The largest absolute Gasteiger partial charge is 0.506 e. The van der Waals surface area contributed by atoms with Crippen molar-refractivity contribution in [3.05, 3.63) is 111 Å². The van der Waals surface area contributed by atoms with Crippen LogP contribution in [-0.2, 0) is 16.1 Å². The van der Waals surface area contributed by atoms with Crippen LogP contribution in [0.4, 0.5) is 0 Å². The molecule has 8 heteroatoms. The Hall–Kier alpha value is -4.30. The number of carbonyl (C=O) groups excluding carboxylic acids is 2. The molecule has 1 aliphatic heterocycles. The van der Waals surface area contributed by atoms with Crippen LogP contribution < -0.4 is 9.47 Å². The number of hydrogen-bond acceptors (Lipinski definition) is 7. The fraction of sp³-hybridized carbons (Fsp3) is 0.194. The number of carbonyl (C=O) groups is 2. The molecule has 200 valence electrons. The first-order valence-corrected chi connectivity index (χ1v) is 13.4. The van der Waals surface area contributed by atoms with Crippen molar-refractivity contribution in [3.8, 4) is 11.5 Å². The summed E-state index contributed by atoms with van der Waals surface area (Å²) in [6.45, 7) is 6.29. The third kappa shape index (κ3) is 6.78. The maximum atomic E-state index is 12.9. The Bertz CT molecular complexity index is 1460. The standard InChI is InChI=1S/C31H29NO6S/c1-4-36-25-17-22(15-16-24(25)38-19-21-12-7-6-8-13-21)18-26-28(33)27(31(35)37-5-2)30(39-26)32-29(34)23-14-10-9-11-20(23)3/h6-18,33H,4-5,19H2,1-3H3/b26-18-,32-30?. The summed E-state index contributed by atoms with van der Waals surface area (Å²) < 4.78 is 16.9. The second-order valence-electron chi connectivity index (χ2n) is 8.51. The fourth-order valence-corrected chi connectivity index (χ4v) is 4.86. The predicted octanol–water partition coefficient (Wildman–Crippen LogP) is 6.67. The quantitative estimate of drug-likeness (QED) is 0.301. The molecule has 0 bridgehead atoms. The van der Waals surface area contributed by atoms with Crippen molar-refractivity contribution in [2.24, 2.45) is 4.99 Å². The zero-order chi connectivity index (χ0) is 27.8. The van der Waals surface area contributed by atoms with Crippen LogP contribution in [0.25, 0.3) is 6.08 Å². The summed E-state index contributed by atoms with van der Waals surface area (Å²) in [6, 6.07) is 22.3. The van der Waals surface area contributed by atoms with E-state index in [2.05, 4.69) is 4.99 Å². The summed E-state index contributed by atoms with van der Waals surface area (Å²) in [5.41, 5.74) is 2.77. The summed E-state index contributed by atoms with van der Waals surface area (Å²) in [6.07, 6.45) is 1.70. The first-order chi connectivity index (χ1) is 18.9. The van der Waals surface area contributed by atoms with Gasteiger partial charge in [0.2, 0.25) is 0 Å². The first-order valence-electron chi connectivity index (χ1n) is 12.5. The van der Waals surface area contributed by atoms with Crippen LogP contribution >= 0.6 is 11.8 Å². The van der Waals surface area contributed by atoms with Gasteiger partial charge in [-0.25, -0.2) is 9.79 Å². The number of benzene rings is 3. The van der Waals surface area contributed by atoms with Gasteiger partial charge in [0.05, 0.1) is 18.1 Å². The van der Waals surface area contributed by atoms with E-state index < -0.39 is 11.9 Å². The summed E-state index contributed by atoms with van der Waals surface area (Å²) in [5, 5.41) is 11.1. The molecular weight excluding hydrogens is 514 g/mol. The molecule has 0 radical (unpaired) electrons. The highest BCUT2D eigenvalue weighted by molar-refractivity contribution is 8.18. The molecule has 1 heterocycles. The minimum atomic E-state index is -0.748. The number of amides is 1. The molecule has 0 atom stereocenters. The highest BCUT2D eigenvalue weighted by Gasteiger charge is 2.34. The Morgan fingerprint density at radius 2 is 1.67 bits per heavy atom. The van der Waals surface area contributed by atoms with Gasteiger partial charge in [-0.1, -0.05) is 66.4 Å². The van der Waals surface area contributed by atoms with Crippen molar-refractivity contribution in [3.63, 3.8) is 0 Å². The van der Waals surface area contributed by atoms with E-state index >= 15 is 0 Å². The second-order valence-corrected chi connectivity index (χ2v) is 9.54. The number of esters is 1. The molecule has 1 amide bonds. The molecule has 1 N–H and O–H groups in total. The lowest BCUT2D eigenvalue weighted by atomic mass is 10.1. The third-order valence-corrected chi connectivity index (χ3v) is 6.77. The minimum absolute atomic E-state index is 0.0818. The minimum Gasteiger partial charge on any atom is -0.506 e. The van der Waals surface area contributed by atoms with Crippen molar-refractivity contribution in [1.29, 1.82) is 0 Å². The number of rotatable bonds is 9. The van der Waals surface area contributed by atoms with E-state index in [9.17, 15) is 14.7 Å². The number of hydrogen-bond donors (Lipinski definition) is 1. The number of thioether (sulfide) groups is 1. The Morgan fingerprint density at radius 1 is 0.923 bits per heavy atom. The van der Waals surface area contributed by atoms with E-state index in [1.165, 1.54) is 0 Å². The zero-order valence-corrected chi connectivity index (χ0v) is 22.8. The molecule has 0 spiro atoms.